The van der Waals surface area contributed by atoms with Crippen LogP contribution in [0.3, 0.4) is 0 Å². The molecule has 0 bridgehead atoms. The lowest BCUT2D eigenvalue weighted by Crippen LogP contribution is -2.46. The van der Waals surface area contributed by atoms with Crippen LogP contribution in [0.1, 0.15) is 22.3 Å². The molecule has 168 valence electrons. The van der Waals surface area contributed by atoms with Gasteiger partial charge in [0, 0.05) is 17.1 Å². The van der Waals surface area contributed by atoms with E-state index in [1.54, 1.807) is 55.6 Å². The molecule has 1 saturated heterocycles. The summed E-state index contributed by atoms with van der Waals surface area (Å²) in [7, 11) is 1.55. The standard InChI is InChI=1S/C26H23ClN2O4/c1-33-22-13-7-19(8-14-22)25(31)28(16-15-18-5-3-2-4-6-18)23-17-24(30)29(26(23)32)21-11-9-20(27)10-12-21/h2-14,23H,15-17H2,1H3. The Labute approximate surface area is 197 Å². The van der Waals surface area contributed by atoms with Gasteiger partial charge in [-0.15, -0.1) is 0 Å². The first-order valence-electron chi connectivity index (χ1n) is 10.6. The second kappa shape index (κ2) is 9.88. The number of nitrogens with zero attached hydrogens (tertiary/aromatic N) is 2. The molecule has 1 atom stereocenters. The Kier molecular flexibility index (Phi) is 6.75. The average Bonchev–Trinajstić information content (AvgIpc) is 3.14. The van der Waals surface area contributed by atoms with E-state index in [2.05, 4.69) is 0 Å². The molecule has 0 spiro atoms. The van der Waals surface area contributed by atoms with Crippen molar-refractivity contribution < 1.29 is 19.1 Å². The van der Waals surface area contributed by atoms with Gasteiger partial charge in [-0.3, -0.25) is 14.4 Å². The first-order chi connectivity index (χ1) is 16.0. The lowest BCUT2D eigenvalue weighted by atomic mass is 10.1. The van der Waals surface area contributed by atoms with Gasteiger partial charge in [0.25, 0.3) is 11.8 Å². The third-order valence-electron chi connectivity index (χ3n) is 5.67. The molecule has 0 aromatic heterocycles. The third kappa shape index (κ3) is 4.91. The smallest absolute Gasteiger partial charge is 0.257 e. The van der Waals surface area contributed by atoms with Crippen molar-refractivity contribution in [2.75, 3.05) is 18.6 Å². The van der Waals surface area contributed by atoms with Crippen LogP contribution >= 0.6 is 11.6 Å². The van der Waals surface area contributed by atoms with E-state index >= 15 is 0 Å². The Morgan fingerprint density at radius 2 is 1.67 bits per heavy atom. The molecule has 6 nitrogen and oxygen atoms in total. The van der Waals surface area contributed by atoms with Crippen molar-refractivity contribution in [3.63, 3.8) is 0 Å². The number of anilines is 1. The Morgan fingerprint density at radius 1 is 1.00 bits per heavy atom. The third-order valence-corrected chi connectivity index (χ3v) is 5.92. The zero-order valence-electron chi connectivity index (χ0n) is 18.1. The second-order valence-electron chi connectivity index (χ2n) is 7.73. The molecule has 3 aromatic rings. The molecule has 1 unspecified atom stereocenters. The van der Waals surface area contributed by atoms with E-state index in [1.807, 2.05) is 30.3 Å². The number of rotatable bonds is 7. The van der Waals surface area contributed by atoms with Crippen LogP contribution in [0.15, 0.2) is 78.9 Å². The largest absolute Gasteiger partial charge is 0.497 e. The summed E-state index contributed by atoms with van der Waals surface area (Å²) in [5.74, 6) is -0.446. The van der Waals surface area contributed by atoms with Crippen LogP contribution in [0, 0.1) is 0 Å². The summed E-state index contributed by atoms with van der Waals surface area (Å²) in [6.07, 6.45) is 0.486. The summed E-state index contributed by atoms with van der Waals surface area (Å²) in [6.45, 7) is 0.299. The molecule has 0 aliphatic carbocycles. The lowest BCUT2D eigenvalue weighted by Gasteiger charge is -2.28. The van der Waals surface area contributed by atoms with E-state index in [1.165, 1.54) is 4.90 Å². The molecule has 4 rings (SSSR count). The minimum atomic E-state index is -0.883. The number of hydrogen-bond donors (Lipinski definition) is 0. The predicted molar refractivity (Wildman–Crippen MR) is 127 cm³/mol. The first kappa shape index (κ1) is 22.6. The normalized spacial score (nSPS) is 15.6. The van der Waals surface area contributed by atoms with E-state index in [4.69, 9.17) is 16.3 Å². The number of ether oxygens (including phenoxy) is 1. The van der Waals surface area contributed by atoms with Crippen molar-refractivity contribution >= 4 is 35.0 Å². The quantitative estimate of drug-likeness (QED) is 0.489. The lowest BCUT2D eigenvalue weighted by molar-refractivity contribution is -0.122. The van der Waals surface area contributed by atoms with Crippen LogP contribution in [0.5, 0.6) is 5.75 Å². The van der Waals surface area contributed by atoms with Crippen molar-refractivity contribution in [3.8, 4) is 5.75 Å². The molecule has 0 N–H and O–H groups in total. The molecule has 1 aliphatic rings. The van der Waals surface area contributed by atoms with Crippen molar-refractivity contribution in [2.45, 2.75) is 18.9 Å². The number of carbonyl (C=O) groups is 3. The van der Waals surface area contributed by atoms with Gasteiger partial charge in [0.05, 0.1) is 19.2 Å². The van der Waals surface area contributed by atoms with E-state index in [0.717, 1.165) is 10.5 Å². The minimum absolute atomic E-state index is 0.0713. The molecule has 3 amide bonds. The molecule has 0 saturated carbocycles. The van der Waals surface area contributed by atoms with Gasteiger partial charge in [0.2, 0.25) is 5.91 Å². The molecule has 7 heteroatoms. The molecule has 3 aromatic carbocycles. The Hall–Kier alpha value is -3.64. The van der Waals surface area contributed by atoms with Crippen LogP contribution in [-0.4, -0.2) is 42.3 Å². The van der Waals surface area contributed by atoms with Crippen molar-refractivity contribution in [3.05, 3.63) is 95.0 Å². The van der Waals surface area contributed by atoms with Crippen LogP contribution < -0.4 is 9.64 Å². The fourth-order valence-corrected chi connectivity index (χ4v) is 4.04. The highest BCUT2D eigenvalue weighted by Gasteiger charge is 2.44. The highest BCUT2D eigenvalue weighted by Crippen LogP contribution is 2.28. The number of benzene rings is 3. The summed E-state index contributed by atoms with van der Waals surface area (Å²) < 4.78 is 5.18. The van der Waals surface area contributed by atoms with Crippen LogP contribution in [0.25, 0.3) is 0 Å². The van der Waals surface area contributed by atoms with Gasteiger partial charge in [-0.05, 0) is 60.5 Å². The van der Waals surface area contributed by atoms with Gasteiger partial charge < -0.3 is 9.64 Å². The molecule has 0 radical (unpaired) electrons. The number of methoxy groups -OCH3 is 1. The Bertz CT molecular complexity index is 1150. The van der Waals surface area contributed by atoms with Crippen LogP contribution in [0.2, 0.25) is 5.02 Å². The zero-order valence-corrected chi connectivity index (χ0v) is 18.9. The van der Waals surface area contributed by atoms with E-state index in [9.17, 15) is 14.4 Å². The highest BCUT2D eigenvalue weighted by atomic mass is 35.5. The number of carbonyl (C=O) groups excluding carboxylic acids is 3. The Morgan fingerprint density at radius 3 is 2.30 bits per heavy atom. The molecule has 1 fully saturated rings. The maximum Gasteiger partial charge on any atom is 0.257 e. The van der Waals surface area contributed by atoms with E-state index in [0.29, 0.717) is 35.0 Å². The summed E-state index contributed by atoms with van der Waals surface area (Å²) in [4.78, 5) is 42.3. The maximum absolute atomic E-state index is 13.5. The summed E-state index contributed by atoms with van der Waals surface area (Å²) in [5.41, 5.74) is 1.90. The van der Waals surface area contributed by atoms with Gasteiger partial charge in [-0.2, -0.15) is 0 Å². The predicted octanol–water partition coefficient (Wildman–Crippen LogP) is 4.37. The van der Waals surface area contributed by atoms with Gasteiger partial charge >= 0.3 is 0 Å². The van der Waals surface area contributed by atoms with E-state index < -0.39 is 11.9 Å². The van der Waals surface area contributed by atoms with E-state index in [-0.39, 0.29) is 18.2 Å². The summed E-state index contributed by atoms with van der Waals surface area (Å²) >= 11 is 5.95. The van der Waals surface area contributed by atoms with Crippen LogP contribution in [0.4, 0.5) is 5.69 Å². The van der Waals surface area contributed by atoms with Crippen molar-refractivity contribution in [2.24, 2.45) is 0 Å². The fraction of sp³-hybridized carbons (Fsp3) is 0.192. The zero-order chi connectivity index (χ0) is 23.4. The van der Waals surface area contributed by atoms with Crippen molar-refractivity contribution in [1.82, 2.24) is 4.90 Å². The molecule has 1 aliphatic heterocycles. The van der Waals surface area contributed by atoms with Crippen LogP contribution in [-0.2, 0) is 16.0 Å². The highest BCUT2D eigenvalue weighted by molar-refractivity contribution is 6.31. The fourth-order valence-electron chi connectivity index (χ4n) is 3.91. The van der Waals surface area contributed by atoms with Gasteiger partial charge in [0.1, 0.15) is 11.8 Å². The summed E-state index contributed by atoms with van der Waals surface area (Å²) in [5, 5.41) is 0.508. The monoisotopic (exact) mass is 462 g/mol. The molecular weight excluding hydrogens is 440 g/mol. The van der Waals surface area contributed by atoms with Crippen molar-refractivity contribution in [1.29, 1.82) is 0 Å². The number of amides is 3. The maximum atomic E-state index is 13.5. The second-order valence-corrected chi connectivity index (χ2v) is 8.16. The molecule has 33 heavy (non-hydrogen) atoms. The first-order valence-corrected chi connectivity index (χ1v) is 11.0. The van der Waals surface area contributed by atoms with Gasteiger partial charge in [-0.25, -0.2) is 4.90 Å². The number of halogens is 1. The topological polar surface area (TPSA) is 66.9 Å². The average molecular weight is 463 g/mol. The number of imide groups is 1. The Balaban J connectivity index is 1.62. The van der Waals surface area contributed by atoms with Gasteiger partial charge in [0.15, 0.2) is 0 Å². The molecular formula is C26H23ClN2O4. The SMILES string of the molecule is COc1ccc(C(=O)N(CCc2ccccc2)C2CC(=O)N(c3ccc(Cl)cc3)C2=O)cc1. The van der Waals surface area contributed by atoms with Gasteiger partial charge in [-0.1, -0.05) is 41.9 Å². The molecule has 1 heterocycles. The number of hydrogen-bond acceptors (Lipinski definition) is 4. The minimum Gasteiger partial charge on any atom is -0.497 e. The summed E-state index contributed by atoms with van der Waals surface area (Å²) in [6, 6.07) is 22.1.